The molecule has 0 aromatic heterocycles. The molecule has 0 fully saturated rings. The molecule has 0 saturated carbocycles. The van der Waals surface area contributed by atoms with E-state index in [2.05, 4.69) is 0 Å². The highest BCUT2D eigenvalue weighted by Crippen LogP contribution is 2.13. The minimum Gasteiger partial charge on any atom is -0.392 e. The maximum atomic E-state index is 12.3. The Morgan fingerprint density at radius 2 is 1.81 bits per heavy atom. The molecule has 1 N–H and O–H groups in total. The summed E-state index contributed by atoms with van der Waals surface area (Å²) >= 11 is 0. The summed E-state index contributed by atoms with van der Waals surface area (Å²) in [4.78, 5) is 2.16. The molecule has 1 aromatic carbocycles. The second-order valence-electron chi connectivity index (χ2n) is 5.39. The van der Waals surface area contributed by atoms with Crippen LogP contribution in [0.2, 0.25) is 0 Å². The van der Waals surface area contributed by atoms with Gasteiger partial charge in [-0.25, -0.2) is 8.42 Å². The summed E-state index contributed by atoms with van der Waals surface area (Å²) in [7, 11) is -3.38. The fourth-order valence-electron chi connectivity index (χ4n) is 1.99. The molecule has 0 bridgehead atoms. The Morgan fingerprint density at radius 3 is 2.24 bits per heavy atom. The highest BCUT2D eigenvalue weighted by molar-refractivity contribution is 7.91. The number of hydrogen-bond donors (Lipinski definition) is 1. The van der Waals surface area contributed by atoms with E-state index in [1.54, 1.807) is 6.92 Å². The van der Waals surface area contributed by atoms with Crippen molar-refractivity contribution in [3.63, 3.8) is 0 Å². The van der Waals surface area contributed by atoms with E-state index < -0.39 is 15.9 Å². The second-order valence-corrected chi connectivity index (χ2v) is 7.50. The van der Waals surface area contributed by atoms with E-state index in [1.165, 1.54) is 24.3 Å². The molecule has 0 aliphatic rings. The lowest BCUT2D eigenvalue weighted by molar-refractivity contribution is 0.112. The Kier molecular flexibility index (Phi) is 6.34. The molecule has 116 valence electrons. The standard InChI is InChI=1S/C15H22N2O3S/c1-12(2)17(11-13(3)18)8-9-21(19,20)15-6-4-14(10-16)5-7-15/h4-7,12-13,18H,8-9,11H2,1-3H3. The zero-order valence-corrected chi connectivity index (χ0v) is 13.5. The minimum atomic E-state index is -3.38. The van der Waals surface area contributed by atoms with Crippen molar-refractivity contribution in [2.75, 3.05) is 18.8 Å². The topological polar surface area (TPSA) is 81.4 Å². The van der Waals surface area contributed by atoms with Crippen LogP contribution in [-0.4, -0.2) is 49.4 Å². The molecule has 21 heavy (non-hydrogen) atoms. The van der Waals surface area contributed by atoms with Crippen LogP contribution in [0.15, 0.2) is 29.2 Å². The van der Waals surface area contributed by atoms with Gasteiger partial charge in [-0.2, -0.15) is 5.26 Å². The van der Waals surface area contributed by atoms with Gasteiger partial charge in [0.25, 0.3) is 0 Å². The van der Waals surface area contributed by atoms with Crippen LogP contribution < -0.4 is 0 Å². The Bertz CT molecular complexity index is 586. The number of nitriles is 1. The molecule has 0 heterocycles. The van der Waals surface area contributed by atoms with E-state index in [0.717, 1.165) is 0 Å². The fourth-order valence-corrected chi connectivity index (χ4v) is 3.25. The average molecular weight is 310 g/mol. The molecule has 5 nitrogen and oxygen atoms in total. The third-order valence-electron chi connectivity index (χ3n) is 3.22. The molecule has 6 heteroatoms. The minimum absolute atomic E-state index is 0.0101. The molecule has 0 amide bonds. The summed E-state index contributed by atoms with van der Waals surface area (Å²) in [6, 6.07) is 8.05. The van der Waals surface area contributed by atoms with Gasteiger partial charge in [-0.3, -0.25) is 4.90 Å². The van der Waals surface area contributed by atoms with Gasteiger partial charge in [0.15, 0.2) is 9.84 Å². The summed E-state index contributed by atoms with van der Waals surface area (Å²) in [6.45, 7) is 6.43. The molecule has 0 radical (unpaired) electrons. The van der Waals surface area contributed by atoms with Crippen molar-refractivity contribution in [1.29, 1.82) is 5.26 Å². The van der Waals surface area contributed by atoms with Crippen LogP contribution in [0.25, 0.3) is 0 Å². The lowest BCUT2D eigenvalue weighted by atomic mass is 10.2. The number of sulfone groups is 1. The van der Waals surface area contributed by atoms with Gasteiger partial charge >= 0.3 is 0 Å². The largest absolute Gasteiger partial charge is 0.392 e. The molecular weight excluding hydrogens is 288 g/mol. The predicted molar refractivity (Wildman–Crippen MR) is 81.6 cm³/mol. The van der Waals surface area contributed by atoms with Gasteiger partial charge in [-0.05, 0) is 45.0 Å². The highest BCUT2D eigenvalue weighted by atomic mass is 32.2. The van der Waals surface area contributed by atoms with Crippen molar-refractivity contribution in [3.05, 3.63) is 29.8 Å². The lowest BCUT2D eigenvalue weighted by Gasteiger charge is -2.27. The van der Waals surface area contributed by atoms with Gasteiger partial charge < -0.3 is 5.11 Å². The average Bonchev–Trinajstić information content (AvgIpc) is 2.43. The summed E-state index contributed by atoms with van der Waals surface area (Å²) in [5.74, 6) is -0.0101. The Morgan fingerprint density at radius 1 is 1.24 bits per heavy atom. The first-order chi connectivity index (χ1) is 9.76. The van der Waals surface area contributed by atoms with Crippen molar-refractivity contribution in [2.45, 2.75) is 37.8 Å². The Labute approximate surface area is 126 Å². The van der Waals surface area contributed by atoms with Crippen molar-refractivity contribution in [3.8, 4) is 6.07 Å². The van der Waals surface area contributed by atoms with Crippen LogP contribution in [0.1, 0.15) is 26.3 Å². The molecule has 1 rings (SSSR count). The third-order valence-corrected chi connectivity index (χ3v) is 4.93. The number of rotatable bonds is 7. The van der Waals surface area contributed by atoms with E-state index in [-0.39, 0.29) is 16.7 Å². The Balaban J connectivity index is 2.77. The number of aliphatic hydroxyl groups excluding tert-OH is 1. The van der Waals surface area contributed by atoms with E-state index >= 15 is 0 Å². The fraction of sp³-hybridized carbons (Fsp3) is 0.533. The smallest absolute Gasteiger partial charge is 0.179 e. The van der Waals surface area contributed by atoms with Crippen molar-refractivity contribution in [2.24, 2.45) is 0 Å². The molecule has 1 aromatic rings. The van der Waals surface area contributed by atoms with Crippen LogP contribution in [0.3, 0.4) is 0 Å². The maximum Gasteiger partial charge on any atom is 0.179 e. The van der Waals surface area contributed by atoms with Crippen molar-refractivity contribution < 1.29 is 13.5 Å². The van der Waals surface area contributed by atoms with Gasteiger partial charge in [-0.1, -0.05) is 0 Å². The SMILES string of the molecule is CC(O)CN(CCS(=O)(=O)c1ccc(C#N)cc1)C(C)C. The van der Waals surface area contributed by atoms with Gasteiger partial charge in [-0.15, -0.1) is 0 Å². The first kappa shape index (κ1) is 17.6. The molecule has 1 unspecified atom stereocenters. The van der Waals surface area contributed by atoms with Gasteiger partial charge in [0.2, 0.25) is 0 Å². The Hall–Kier alpha value is -1.42. The maximum absolute atomic E-state index is 12.3. The van der Waals surface area contributed by atoms with E-state index in [1.807, 2.05) is 24.8 Å². The lowest BCUT2D eigenvalue weighted by Crippen LogP contribution is -2.39. The summed E-state index contributed by atoms with van der Waals surface area (Å²) in [5.41, 5.74) is 0.437. The molecule has 0 aliphatic heterocycles. The molecular formula is C15H22N2O3S. The van der Waals surface area contributed by atoms with Gasteiger partial charge in [0.1, 0.15) is 0 Å². The molecule has 0 spiro atoms. The summed E-state index contributed by atoms with van der Waals surface area (Å²) in [5, 5.41) is 18.2. The van der Waals surface area contributed by atoms with Gasteiger partial charge in [0, 0.05) is 19.1 Å². The van der Waals surface area contributed by atoms with Crippen LogP contribution >= 0.6 is 0 Å². The van der Waals surface area contributed by atoms with Crippen LogP contribution in [0.4, 0.5) is 0 Å². The molecule has 0 aliphatic carbocycles. The number of aliphatic hydroxyl groups is 1. The number of hydrogen-bond acceptors (Lipinski definition) is 5. The van der Waals surface area contributed by atoms with Crippen molar-refractivity contribution >= 4 is 9.84 Å². The summed E-state index contributed by atoms with van der Waals surface area (Å²) < 4.78 is 24.5. The van der Waals surface area contributed by atoms with E-state index in [0.29, 0.717) is 18.7 Å². The normalized spacial score (nSPS) is 13.4. The zero-order valence-electron chi connectivity index (χ0n) is 12.7. The summed E-state index contributed by atoms with van der Waals surface area (Å²) in [6.07, 6.45) is -0.495. The first-order valence-corrected chi connectivity index (χ1v) is 8.56. The monoisotopic (exact) mass is 310 g/mol. The van der Waals surface area contributed by atoms with E-state index in [4.69, 9.17) is 5.26 Å². The number of nitrogens with zero attached hydrogens (tertiary/aromatic N) is 2. The van der Waals surface area contributed by atoms with Crippen LogP contribution in [0, 0.1) is 11.3 Å². The molecule has 0 saturated heterocycles. The first-order valence-electron chi connectivity index (χ1n) is 6.91. The van der Waals surface area contributed by atoms with E-state index in [9.17, 15) is 13.5 Å². The highest BCUT2D eigenvalue weighted by Gasteiger charge is 2.19. The second kappa shape index (κ2) is 7.55. The zero-order chi connectivity index (χ0) is 16.0. The van der Waals surface area contributed by atoms with Crippen LogP contribution in [0.5, 0.6) is 0 Å². The number of benzene rings is 1. The molecule has 1 atom stereocenters. The predicted octanol–water partition coefficient (Wildman–Crippen LogP) is 1.42. The van der Waals surface area contributed by atoms with Crippen LogP contribution in [-0.2, 0) is 9.84 Å². The quantitative estimate of drug-likeness (QED) is 0.824. The van der Waals surface area contributed by atoms with Crippen molar-refractivity contribution in [1.82, 2.24) is 4.90 Å². The van der Waals surface area contributed by atoms with Gasteiger partial charge in [0.05, 0.1) is 28.4 Å². The third kappa shape index (κ3) is 5.46.